The zero-order chi connectivity index (χ0) is 10.3. The van der Waals surface area contributed by atoms with E-state index < -0.39 is 0 Å². The minimum absolute atomic E-state index is 0.0220. The van der Waals surface area contributed by atoms with Gasteiger partial charge >= 0.3 is 5.71 Å². The molecule has 3 heteroatoms. The molecular formula is C10H16N2O. The van der Waals surface area contributed by atoms with Crippen LogP contribution in [0.4, 0.5) is 0 Å². The van der Waals surface area contributed by atoms with Crippen molar-refractivity contribution in [3.63, 3.8) is 0 Å². The lowest BCUT2D eigenvalue weighted by Gasteiger charge is -2.33. The predicted octanol–water partition coefficient (Wildman–Crippen LogP) is 2.07. The SMILES string of the molecule is CC1(C)CCC(C)(C)C(=[N+]=[N-])C1=O. The Kier molecular flexibility index (Phi) is 2.16. The Morgan fingerprint density at radius 3 is 2.00 bits per heavy atom. The Balaban J connectivity index is 3.14. The largest absolute Gasteiger partial charge is 0.361 e. The van der Waals surface area contributed by atoms with Gasteiger partial charge < -0.3 is 5.53 Å². The van der Waals surface area contributed by atoms with Crippen molar-refractivity contribution in [2.24, 2.45) is 10.8 Å². The van der Waals surface area contributed by atoms with Gasteiger partial charge in [-0.05, 0) is 26.7 Å². The van der Waals surface area contributed by atoms with Gasteiger partial charge in [-0.2, -0.15) is 4.79 Å². The second kappa shape index (κ2) is 2.78. The van der Waals surface area contributed by atoms with Crippen molar-refractivity contribution in [3.8, 4) is 0 Å². The summed E-state index contributed by atoms with van der Waals surface area (Å²) >= 11 is 0. The van der Waals surface area contributed by atoms with E-state index >= 15 is 0 Å². The maximum Gasteiger partial charge on any atom is 0.340 e. The zero-order valence-corrected chi connectivity index (χ0v) is 8.72. The first kappa shape index (κ1) is 10.1. The molecular weight excluding hydrogens is 164 g/mol. The highest BCUT2D eigenvalue weighted by molar-refractivity contribution is 6.41. The molecule has 1 aliphatic rings. The van der Waals surface area contributed by atoms with Crippen molar-refractivity contribution in [2.75, 3.05) is 0 Å². The van der Waals surface area contributed by atoms with E-state index in [1.54, 1.807) is 0 Å². The molecule has 72 valence electrons. The van der Waals surface area contributed by atoms with Crippen LogP contribution in [0.2, 0.25) is 0 Å². The molecule has 0 unspecified atom stereocenters. The Labute approximate surface area is 78.8 Å². The molecule has 0 spiro atoms. The molecule has 0 aromatic rings. The minimum atomic E-state index is -0.364. The van der Waals surface area contributed by atoms with Crippen molar-refractivity contribution in [1.29, 1.82) is 0 Å². The molecule has 0 saturated heterocycles. The molecule has 0 N–H and O–H groups in total. The van der Waals surface area contributed by atoms with Gasteiger partial charge in [-0.15, -0.1) is 0 Å². The second-order valence-electron chi connectivity index (χ2n) is 5.05. The summed E-state index contributed by atoms with van der Waals surface area (Å²) in [4.78, 5) is 14.9. The average Bonchev–Trinajstić information content (AvgIpc) is 2.00. The van der Waals surface area contributed by atoms with Gasteiger partial charge in [-0.3, -0.25) is 4.79 Å². The van der Waals surface area contributed by atoms with Gasteiger partial charge in [0, 0.05) is 5.41 Å². The zero-order valence-electron chi connectivity index (χ0n) is 8.72. The van der Waals surface area contributed by atoms with E-state index in [4.69, 9.17) is 5.53 Å². The highest BCUT2D eigenvalue weighted by Gasteiger charge is 2.50. The van der Waals surface area contributed by atoms with Crippen LogP contribution < -0.4 is 0 Å². The summed E-state index contributed by atoms with van der Waals surface area (Å²) in [6.45, 7) is 7.68. The fourth-order valence-electron chi connectivity index (χ4n) is 1.67. The van der Waals surface area contributed by atoms with Gasteiger partial charge in [-0.1, -0.05) is 13.8 Å². The summed E-state index contributed by atoms with van der Waals surface area (Å²) in [5.74, 6) is -0.0220. The van der Waals surface area contributed by atoms with Crippen LogP contribution >= 0.6 is 0 Å². The number of Topliss-reactive ketones (excluding diaryl/α,β-unsaturated/α-hetero) is 1. The molecule has 0 heterocycles. The van der Waals surface area contributed by atoms with Crippen LogP contribution in [0.5, 0.6) is 0 Å². The van der Waals surface area contributed by atoms with Crippen molar-refractivity contribution in [1.82, 2.24) is 0 Å². The van der Waals surface area contributed by atoms with Crippen LogP contribution in [0.1, 0.15) is 40.5 Å². The van der Waals surface area contributed by atoms with Crippen LogP contribution in [-0.2, 0) is 4.79 Å². The van der Waals surface area contributed by atoms with Gasteiger partial charge in [0.25, 0.3) is 0 Å². The van der Waals surface area contributed by atoms with E-state index in [1.165, 1.54) is 0 Å². The third kappa shape index (κ3) is 1.56. The molecule has 13 heavy (non-hydrogen) atoms. The molecule has 0 atom stereocenters. The van der Waals surface area contributed by atoms with E-state index in [0.717, 1.165) is 12.8 Å². The van der Waals surface area contributed by atoms with Gasteiger partial charge in [0.15, 0.2) is 0 Å². The van der Waals surface area contributed by atoms with Crippen molar-refractivity contribution < 1.29 is 9.58 Å². The predicted molar refractivity (Wildman–Crippen MR) is 50.4 cm³/mol. The van der Waals surface area contributed by atoms with Crippen molar-refractivity contribution in [2.45, 2.75) is 40.5 Å². The number of rotatable bonds is 0. The molecule has 0 radical (unpaired) electrons. The third-order valence-corrected chi connectivity index (χ3v) is 2.95. The lowest BCUT2D eigenvalue weighted by molar-refractivity contribution is -0.129. The molecule has 0 aliphatic heterocycles. The van der Waals surface area contributed by atoms with E-state index in [-0.39, 0.29) is 16.6 Å². The van der Waals surface area contributed by atoms with Crippen LogP contribution in [0.15, 0.2) is 0 Å². The maximum absolute atomic E-state index is 11.8. The van der Waals surface area contributed by atoms with Crippen molar-refractivity contribution >= 4 is 11.5 Å². The monoisotopic (exact) mass is 180 g/mol. The molecule has 3 nitrogen and oxygen atoms in total. The van der Waals surface area contributed by atoms with E-state index in [0.29, 0.717) is 5.71 Å². The van der Waals surface area contributed by atoms with Crippen LogP contribution in [0, 0.1) is 10.8 Å². The second-order valence-corrected chi connectivity index (χ2v) is 5.05. The number of ketones is 1. The first-order valence-electron chi connectivity index (χ1n) is 4.58. The molecule has 0 aromatic heterocycles. The Hall–Kier alpha value is -0.950. The molecule has 1 aliphatic carbocycles. The Morgan fingerprint density at radius 1 is 1.15 bits per heavy atom. The van der Waals surface area contributed by atoms with Gasteiger partial charge in [-0.25, -0.2) is 0 Å². The number of carbonyl (C=O) groups is 1. The number of hydrogen-bond donors (Lipinski definition) is 0. The lowest BCUT2D eigenvalue weighted by atomic mass is 9.65. The van der Waals surface area contributed by atoms with Crippen LogP contribution in [0.3, 0.4) is 0 Å². The van der Waals surface area contributed by atoms with Crippen LogP contribution in [0.25, 0.3) is 5.53 Å². The first-order valence-corrected chi connectivity index (χ1v) is 4.58. The maximum atomic E-state index is 11.8. The quantitative estimate of drug-likeness (QED) is 0.416. The van der Waals surface area contributed by atoms with Crippen molar-refractivity contribution in [3.05, 3.63) is 5.53 Å². The van der Waals surface area contributed by atoms with E-state index in [2.05, 4.69) is 4.79 Å². The molecule has 1 rings (SSSR count). The fourth-order valence-corrected chi connectivity index (χ4v) is 1.67. The van der Waals surface area contributed by atoms with E-state index in [1.807, 2.05) is 27.7 Å². The summed E-state index contributed by atoms with van der Waals surface area (Å²) in [5, 5.41) is 0. The molecule has 1 saturated carbocycles. The van der Waals surface area contributed by atoms with Gasteiger partial charge in [0.2, 0.25) is 5.78 Å². The van der Waals surface area contributed by atoms with Crippen LogP contribution in [-0.4, -0.2) is 16.3 Å². The summed E-state index contributed by atoms with van der Waals surface area (Å²) in [7, 11) is 0. The Morgan fingerprint density at radius 2 is 1.62 bits per heavy atom. The van der Waals surface area contributed by atoms with Gasteiger partial charge in [0.1, 0.15) is 0 Å². The minimum Gasteiger partial charge on any atom is -0.361 e. The molecule has 1 fully saturated rings. The normalized spacial score (nSPS) is 25.5. The van der Waals surface area contributed by atoms with Gasteiger partial charge in [0.05, 0.1) is 5.41 Å². The molecule has 0 bridgehead atoms. The molecule has 0 amide bonds. The third-order valence-electron chi connectivity index (χ3n) is 2.95. The number of hydrogen-bond acceptors (Lipinski definition) is 1. The first-order chi connectivity index (χ1) is 5.81. The standard InChI is InChI=1S/C10H16N2O/c1-9(2)5-6-10(3,4)8(13)7(9)12-11/h5-6H2,1-4H3. The summed E-state index contributed by atoms with van der Waals surface area (Å²) in [6.07, 6.45) is 1.75. The summed E-state index contributed by atoms with van der Waals surface area (Å²) < 4.78 is 0. The fraction of sp³-hybridized carbons (Fsp3) is 0.800. The highest BCUT2D eigenvalue weighted by atomic mass is 16.1. The highest BCUT2D eigenvalue weighted by Crippen LogP contribution is 2.39. The average molecular weight is 180 g/mol. The van der Waals surface area contributed by atoms with E-state index in [9.17, 15) is 4.79 Å². The smallest absolute Gasteiger partial charge is 0.340 e. The lowest BCUT2D eigenvalue weighted by Crippen LogP contribution is -2.46. The topological polar surface area (TPSA) is 53.5 Å². The number of nitrogens with zero attached hydrogens (tertiary/aromatic N) is 2. The molecule has 0 aromatic carbocycles. The number of carbonyl (C=O) groups excluding carboxylic acids is 1. The summed E-state index contributed by atoms with van der Waals surface area (Å²) in [6, 6.07) is 0. The summed E-state index contributed by atoms with van der Waals surface area (Å²) in [5.41, 5.74) is 8.48. The Bertz CT molecular complexity index is 296.